The van der Waals surface area contributed by atoms with E-state index in [0.717, 1.165) is 36.0 Å². The van der Waals surface area contributed by atoms with Gasteiger partial charge in [0.15, 0.2) is 0 Å². The fourth-order valence-corrected chi connectivity index (χ4v) is 8.18. The molecular weight excluding hydrogens is 466 g/mol. The van der Waals surface area contributed by atoms with Crippen molar-refractivity contribution in [3.05, 3.63) is 65.7 Å². The molecule has 0 spiro atoms. The molecule has 4 aliphatic carbocycles. The van der Waals surface area contributed by atoms with Crippen molar-refractivity contribution in [3.63, 3.8) is 0 Å². The van der Waals surface area contributed by atoms with Crippen molar-refractivity contribution in [1.29, 1.82) is 0 Å². The fraction of sp³-hybridized carbons (Fsp3) is 0.517. The van der Waals surface area contributed by atoms with Crippen LogP contribution in [0.4, 0.5) is 8.78 Å². The van der Waals surface area contributed by atoms with Crippen molar-refractivity contribution in [2.75, 3.05) is 0 Å². The summed E-state index contributed by atoms with van der Waals surface area (Å²) >= 11 is 0. The Labute approximate surface area is 208 Å². The summed E-state index contributed by atoms with van der Waals surface area (Å²) < 4.78 is 40.4. The third-order valence-electron chi connectivity index (χ3n) is 9.45. The fourth-order valence-electron chi connectivity index (χ4n) is 8.18. The van der Waals surface area contributed by atoms with Gasteiger partial charge in [0.05, 0.1) is 5.56 Å². The number of carboxylic acid groups (broad SMARTS) is 1. The summed E-state index contributed by atoms with van der Waals surface area (Å²) in [5, 5.41) is 9.03. The predicted octanol–water partition coefficient (Wildman–Crippen LogP) is 6.14. The highest BCUT2D eigenvalue weighted by molar-refractivity contribution is 5.90. The summed E-state index contributed by atoms with van der Waals surface area (Å²) in [7, 11) is 0. The van der Waals surface area contributed by atoms with E-state index in [1.165, 1.54) is 62.1 Å². The molecule has 190 valence electrons. The van der Waals surface area contributed by atoms with E-state index < -0.39 is 24.0 Å². The molecule has 0 radical (unpaired) electrons. The first-order chi connectivity index (χ1) is 17.2. The molecule has 0 amide bonds. The van der Waals surface area contributed by atoms with E-state index in [1.54, 1.807) is 18.2 Å². The second-order valence-electron chi connectivity index (χ2n) is 11.4. The first-order valence-electron chi connectivity index (χ1n) is 12.8. The molecule has 0 saturated heterocycles. The number of hydrogen-bond donors (Lipinski definition) is 1. The normalized spacial score (nSPS) is 34.9. The van der Waals surface area contributed by atoms with Crippen molar-refractivity contribution in [2.45, 2.75) is 56.7 Å². The molecule has 4 bridgehead atoms. The quantitative estimate of drug-likeness (QED) is 0.368. The van der Waals surface area contributed by atoms with Crippen molar-refractivity contribution in [1.82, 2.24) is 0 Å². The Kier molecular flexibility index (Phi) is 5.39. The van der Waals surface area contributed by atoms with Crippen LogP contribution in [-0.4, -0.2) is 28.6 Å². The minimum atomic E-state index is -4.28. The van der Waals surface area contributed by atoms with Gasteiger partial charge in [-0.1, -0.05) is 30.3 Å². The summed E-state index contributed by atoms with van der Waals surface area (Å²) in [6, 6.07) is 13.5. The van der Waals surface area contributed by atoms with Gasteiger partial charge in [0.1, 0.15) is 11.4 Å². The first-order valence-corrected chi connectivity index (χ1v) is 12.8. The number of rotatable bonds is 7. The maximum absolute atomic E-state index is 14.4. The van der Waals surface area contributed by atoms with Gasteiger partial charge in [-0.2, -0.15) is 8.78 Å². The topological polar surface area (TPSA) is 72.8 Å². The summed E-state index contributed by atoms with van der Waals surface area (Å²) in [4.78, 5) is 23.9. The number of aliphatic carboxylic acids is 1. The second kappa shape index (κ2) is 8.29. The van der Waals surface area contributed by atoms with E-state index in [9.17, 15) is 18.4 Å². The molecular formula is C29H30F2O5. The Balaban J connectivity index is 1.16. The van der Waals surface area contributed by atoms with Crippen LogP contribution in [0.1, 0.15) is 61.1 Å². The van der Waals surface area contributed by atoms with Crippen LogP contribution >= 0.6 is 0 Å². The highest BCUT2D eigenvalue weighted by Crippen LogP contribution is 2.70. The van der Waals surface area contributed by atoms with Crippen LogP contribution in [0.15, 0.2) is 54.6 Å². The van der Waals surface area contributed by atoms with Crippen LogP contribution in [0.5, 0.6) is 5.75 Å². The van der Waals surface area contributed by atoms with Crippen molar-refractivity contribution < 1.29 is 33.0 Å². The van der Waals surface area contributed by atoms with Gasteiger partial charge in [-0.15, -0.1) is 0 Å². The third-order valence-corrected chi connectivity index (χ3v) is 9.45. The molecule has 0 aliphatic heterocycles. The van der Waals surface area contributed by atoms with Crippen LogP contribution in [-0.2, 0) is 9.53 Å². The minimum absolute atomic E-state index is 0.0516. The average molecular weight is 497 g/mol. The van der Waals surface area contributed by atoms with E-state index in [1.807, 2.05) is 0 Å². The number of fused-ring (bicyclic) bond motifs is 9. The Bertz CT molecular complexity index is 1170. The SMILES string of the molecule is CC1(Oc2ccc(C(=O)OC(c3ccccc3)C(F)(F)C(=O)O)cc2)CC2CC1C1C3CCC(C3)C21. The van der Waals surface area contributed by atoms with E-state index in [4.69, 9.17) is 14.6 Å². The molecule has 0 aromatic heterocycles. The van der Waals surface area contributed by atoms with Gasteiger partial charge >= 0.3 is 17.9 Å². The lowest BCUT2D eigenvalue weighted by Gasteiger charge is -2.44. The lowest BCUT2D eigenvalue weighted by molar-refractivity contribution is -0.183. The van der Waals surface area contributed by atoms with Gasteiger partial charge in [0, 0.05) is 5.92 Å². The van der Waals surface area contributed by atoms with Crippen LogP contribution < -0.4 is 4.74 Å². The van der Waals surface area contributed by atoms with Gasteiger partial charge in [-0.05, 0) is 98.4 Å². The number of carbonyl (C=O) groups excluding carboxylic acids is 1. The standard InChI is InChI=1S/C29H30F2O5/c1-28(15-20-14-22(28)24-19-8-7-18(13-19)23(20)24)36-21-11-9-17(10-12-21)26(32)35-25(29(30,31)27(33)34)16-5-3-2-4-6-16/h2-6,9-12,18-20,22-25H,7-8,13-15H2,1H3,(H,33,34). The number of hydrogen-bond acceptors (Lipinski definition) is 4. The minimum Gasteiger partial charge on any atom is -0.487 e. The summed E-state index contributed by atoms with van der Waals surface area (Å²) in [6.45, 7) is 2.21. The van der Waals surface area contributed by atoms with Crippen LogP contribution in [0.25, 0.3) is 0 Å². The summed E-state index contributed by atoms with van der Waals surface area (Å²) in [5.74, 6) is -2.33. The highest BCUT2D eigenvalue weighted by atomic mass is 19.3. The highest BCUT2D eigenvalue weighted by Gasteiger charge is 2.66. The predicted molar refractivity (Wildman–Crippen MR) is 127 cm³/mol. The van der Waals surface area contributed by atoms with Crippen LogP contribution in [0.2, 0.25) is 0 Å². The Morgan fingerprint density at radius 3 is 2.31 bits per heavy atom. The maximum Gasteiger partial charge on any atom is 0.382 e. The number of carboxylic acids is 1. The molecule has 36 heavy (non-hydrogen) atoms. The van der Waals surface area contributed by atoms with Gasteiger partial charge < -0.3 is 14.6 Å². The maximum atomic E-state index is 14.4. The lowest BCUT2D eigenvalue weighted by atomic mass is 9.66. The molecule has 4 saturated carbocycles. The summed E-state index contributed by atoms with van der Waals surface area (Å²) in [5.41, 5.74) is -0.280. The zero-order valence-corrected chi connectivity index (χ0v) is 20.1. The third kappa shape index (κ3) is 3.61. The smallest absolute Gasteiger partial charge is 0.382 e. The molecule has 5 nitrogen and oxygen atoms in total. The zero-order chi connectivity index (χ0) is 25.2. The Morgan fingerprint density at radius 2 is 1.64 bits per heavy atom. The van der Waals surface area contributed by atoms with Crippen LogP contribution in [0, 0.1) is 35.5 Å². The molecule has 8 unspecified atom stereocenters. The molecule has 0 heterocycles. The Morgan fingerprint density at radius 1 is 0.972 bits per heavy atom. The number of ether oxygens (including phenoxy) is 2. The lowest BCUT2D eigenvalue weighted by Crippen LogP contribution is -2.46. The molecule has 4 aliphatic rings. The van der Waals surface area contributed by atoms with Crippen molar-refractivity contribution in [2.24, 2.45) is 35.5 Å². The van der Waals surface area contributed by atoms with Crippen molar-refractivity contribution in [3.8, 4) is 5.75 Å². The molecule has 2 aromatic carbocycles. The van der Waals surface area contributed by atoms with Crippen LogP contribution in [0.3, 0.4) is 0 Å². The van der Waals surface area contributed by atoms with Gasteiger partial charge in [-0.3, -0.25) is 0 Å². The number of halogens is 2. The molecule has 4 fully saturated rings. The van der Waals surface area contributed by atoms with E-state index in [2.05, 4.69) is 6.92 Å². The van der Waals surface area contributed by atoms with E-state index in [0.29, 0.717) is 11.7 Å². The molecule has 2 aromatic rings. The van der Waals surface area contributed by atoms with Crippen molar-refractivity contribution >= 4 is 11.9 Å². The van der Waals surface area contributed by atoms with E-state index >= 15 is 0 Å². The molecule has 1 N–H and O–H groups in total. The second-order valence-corrected chi connectivity index (χ2v) is 11.4. The number of benzene rings is 2. The number of carbonyl (C=O) groups is 2. The molecule has 8 atom stereocenters. The number of alkyl halides is 2. The summed E-state index contributed by atoms with van der Waals surface area (Å²) in [6.07, 6.45) is 4.18. The monoisotopic (exact) mass is 496 g/mol. The van der Waals surface area contributed by atoms with Gasteiger partial charge in [0.25, 0.3) is 0 Å². The molecule has 6 rings (SSSR count). The molecule has 7 heteroatoms. The zero-order valence-electron chi connectivity index (χ0n) is 20.1. The Hall–Kier alpha value is -2.96. The van der Waals surface area contributed by atoms with Gasteiger partial charge in [-0.25, -0.2) is 9.59 Å². The first kappa shape index (κ1) is 23.4. The van der Waals surface area contributed by atoms with Gasteiger partial charge in [0.2, 0.25) is 6.10 Å². The number of esters is 1. The van der Waals surface area contributed by atoms with E-state index in [-0.39, 0.29) is 16.7 Å². The largest absolute Gasteiger partial charge is 0.487 e. The average Bonchev–Trinajstić information content (AvgIpc) is 3.63.